The van der Waals surface area contributed by atoms with Crippen LogP contribution in [0.2, 0.25) is 0 Å². The topological polar surface area (TPSA) is 57.4 Å². The van der Waals surface area contributed by atoms with E-state index in [1.54, 1.807) is 13.3 Å². The van der Waals surface area contributed by atoms with Crippen LogP contribution in [0.5, 0.6) is 11.6 Å². The number of benzene rings is 2. The van der Waals surface area contributed by atoms with Gasteiger partial charge in [-0.3, -0.25) is 0 Å². The van der Waals surface area contributed by atoms with Crippen LogP contribution in [-0.2, 0) is 6.61 Å². The molecule has 116 valence electrons. The molecule has 0 radical (unpaired) electrons. The maximum atomic E-state index is 6.15. The first-order chi connectivity index (χ1) is 11.3. The second-order valence-electron chi connectivity index (χ2n) is 5.11. The zero-order valence-electron chi connectivity index (χ0n) is 12.9. The predicted octanol–water partition coefficient (Wildman–Crippen LogP) is 3.92. The third-order valence-electron chi connectivity index (χ3n) is 3.53. The second kappa shape index (κ2) is 6.83. The molecule has 4 nitrogen and oxygen atoms in total. The fourth-order valence-corrected chi connectivity index (χ4v) is 2.29. The molecule has 1 aromatic heterocycles. The van der Waals surface area contributed by atoms with Crippen LogP contribution in [0.25, 0.3) is 11.1 Å². The standard InChI is InChI=1S/C19H18N2O2/c1-22-19-10-7-15(12-21-19)17-9-8-16(11-18(17)20)23-13-14-5-3-2-4-6-14/h2-12H,13,20H2,1H3. The van der Waals surface area contributed by atoms with Gasteiger partial charge in [-0.25, -0.2) is 4.98 Å². The quantitative estimate of drug-likeness (QED) is 0.726. The highest BCUT2D eigenvalue weighted by Crippen LogP contribution is 2.30. The number of ether oxygens (including phenoxy) is 2. The summed E-state index contributed by atoms with van der Waals surface area (Å²) in [4.78, 5) is 4.20. The van der Waals surface area contributed by atoms with E-state index < -0.39 is 0 Å². The van der Waals surface area contributed by atoms with Gasteiger partial charge in [0.1, 0.15) is 12.4 Å². The molecule has 0 atom stereocenters. The van der Waals surface area contributed by atoms with E-state index in [-0.39, 0.29) is 0 Å². The summed E-state index contributed by atoms with van der Waals surface area (Å²) in [7, 11) is 1.59. The van der Waals surface area contributed by atoms with Gasteiger partial charge in [0.15, 0.2) is 0 Å². The van der Waals surface area contributed by atoms with Crippen molar-refractivity contribution in [3.05, 3.63) is 72.4 Å². The van der Waals surface area contributed by atoms with E-state index in [1.165, 1.54) is 0 Å². The maximum Gasteiger partial charge on any atom is 0.212 e. The third kappa shape index (κ3) is 3.61. The minimum Gasteiger partial charge on any atom is -0.489 e. The minimum absolute atomic E-state index is 0.518. The van der Waals surface area contributed by atoms with E-state index in [9.17, 15) is 0 Å². The maximum absolute atomic E-state index is 6.15. The van der Waals surface area contributed by atoms with Crippen molar-refractivity contribution < 1.29 is 9.47 Å². The Labute approximate surface area is 135 Å². The zero-order chi connectivity index (χ0) is 16.1. The summed E-state index contributed by atoms with van der Waals surface area (Å²) in [5.41, 5.74) is 9.79. The number of methoxy groups -OCH3 is 1. The monoisotopic (exact) mass is 306 g/mol. The Hall–Kier alpha value is -3.01. The number of aromatic nitrogens is 1. The van der Waals surface area contributed by atoms with Crippen LogP contribution in [0.15, 0.2) is 66.9 Å². The van der Waals surface area contributed by atoms with Gasteiger partial charge in [-0.15, -0.1) is 0 Å². The lowest BCUT2D eigenvalue weighted by atomic mass is 10.1. The average molecular weight is 306 g/mol. The molecule has 0 unspecified atom stereocenters. The smallest absolute Gasteiger partial charge is 0.212 e. The summed E-state index contributed by atoms with van der Waals surface area (Å²) >= 11 is 0. The van der Waals surface area contributed by atoms with Crippen molar-refractivity contribution in [1.82, 2.24) is 4.98 Å². The number of nitrogens with zero attached hydrogens (tertiary/aromatic N) is 1. The molecule has 0 amide bonds. The number of anilines is 1. The second-order valence-corrected chi connectivity index (χ2v) is 5.11. The van der Waals surface area contributed by atoms with Crippen molar-refractivity contribution in [3.8, 4) is 22.8 Å². The van der Waals surface area contributed by atoms with E-state index in [0.29, 0.717) is 18.2 Å². The van der Waals surface area contributed by atoms with Crippen LogP contribution < -0.4 is 15.2 Å². The highest BCUT2D eigenvalue weighted by atomic mass is 16.5. The van der Waals surface area contributed by atoms with Gasteiger partial charge in [0.2, 0.25) is 5.88 Å². The largest absolute Gasteiger partial charge is 0.489 e. The van der Waals surface area contributed by atoms with E-state index in [2.05, 4.69) is 4.98 Å². The van der Waals surface area contributed by atoms with E-state index >= 15 is 0 Å². The summed E-state index contributed by atoms with van der Waals surface area (Å²) < 4.78 is 10.9. The van der Waals surface area contributed by atoms with E-state index in [1.807, 2.05) is 60.7 Å². The van der Waals surface area contributed by atoms with Gasteiger partial charge in [-0.2, -0.15) is 0 Å². The molecule has 4 heteroatoms. The molecule has 3 rings (SSSR count). The minimum atomic E-state index is 0.518. The van der Waals surface area contributed by atoms with Gasteiger partial charge >= 0.3 is 0 Å². The molecule has 2 N–H and O–H groups in total. The highest BCUT2D eigenvalue weighted by molar-refractivity contribution is 5.77. The molecule has 23 heavy (non-hydrogen) atoms. The summed E-state index contributed by atoms with van der Waals surface area (Å²) in [6, 6.07) is 19.5. The van der Waals surface area contributed by atoms with Crippen LogP contribution in [-0.4, -0.2) is 12.1 Å². The van der Waals surface area contributed by atoms with Crippen LogP contribution >= 0.6 is 0 Å². The Morgan fingerprint density at radius 2 is 1.83 bits per heavy atom. The van der Waals surface area contributed by atoms with Crippen molar-refractivity contribution >= 4 is 5.69 Å². The van der Waals surface area contributed by atoms with Crippen molar-refractivity contribution in [2.75, 3.05) is 12.8 Å². The molecule has 0 bridgehead atoms. The number of rotatable bonds is 5. The Kier molecular flexibility index (Phi) is 4.43. The van der Waals surface area contributed by atoms with E-state index in [4.69, 9.17) is 15.2 Å². The molecular formula is C19H18N2O2. The first-order valence-electron chi connectivity index (χ1n) is 7.33. The SMILES string of the molecule is COc1ccc(-c2ccc(OCc3ccccc3)cc2N)cn1. The fraction of sp³-hybridized carbons (Fsp3) is 0.105. The third-order valence-corrected chi connectivity index (χ3v) is 3.53. The van der Waals surface area contributed by atoms with Crippen molar-refractivity contribution in [2.45, 2.75) is 6.61 Å². The molecule has 0 fully saturated rings. The van der Waals surface area contributed by atoms with Crippen molar-refractivity contribution in [1.29, 1.82) is 0 Å². The summed E-state index contributed by atoms with van der Waals surface area (Å²) in [5, 5.41) is 0. The van der Waals surface area contributed by atoms with Crippen molar-refractivity contribution in [3.63, 3.8) is 0 Å². The van der Waals surface area contributed by atoms with Gasteiger partial charge < -0.3 is 15.2 Å². The molecule has 2 aromatic carbocycles. The average Bonchev–Trinajstić information content (AvgIpc) is 2.61. The van der Waals surface area contributed by atoms with Gasteiger partial charge in [-0.05, 0) is 23.8 Å². The number of hydrogen-bond acceptors (Lipinski definition) is 4. The Bertz CT molecular complexity index is 771. The molecule has 0 spiro atoms. The molecule has 0 aliphatic carbocycles. The van der Waals surface area contributed by atoms with Crippen LogP contribution in [0, 0.1) is 0 Å². The summed E-state index contributed by atoms with van der Waals surface area (Å²) in [6.07, 6.45) is 1.75. The highest BCUT2D eigenvalue weighted by Gasteiger charge is 2.06. The number of nitrogen functional groups attached to an aromatic ring is 1. The van der Waals surface area contributed by atoms with Gasteiger partial charge in [-0.1, -0.05) is 30.3 Å². The molecule has 0 aliphatic rings. The zero-order valence-corrected chi connectivity index (χ0v) is 12.9. The Morgan fingerprint density at radius 3 is 2.48 bits per heavy atom. The Morgan fingerprint density at radius 1 is 1.00 bits per heavy atom. The molecule has 0 aliphatic heterocycles. The number of pyridine rings is 1. The first kappa shape index (κ1) is 14.9. The number of hydrogen-bond donors (Lipinski definition) is 1. The number of nitrogens with two attached hydrogens (primary N) is 1. The van der Waals surface area contributed by atoms with Gasteiger partial charge in [0.05, 0.1) is 7.11 Å². The summed E-state index contributed by atoms with van der Waals surface area (Å²) in [6.45, 7) is 0.518. The van der Waals surface area contributed by atoms with Gasteiger partial charge in [0.25, 0.3) is 0 Å². The van der Waals surface area contributed by atoms with Crippen LogP contribution in [0.3, 0.4) is 0 Å². The fourth-order valence-electron chi connectivity index (χ4n) is 2.29. The molecular weight excluding hydrogens is 288 g/mol. The van der Waals surface area contributed by atoms with Crippen LogP contribution in [0.4, 0.5) is 5.69 Å². The molecule has 1 heterocycles. The lowest BCUT2D eigenvalue weighted by Crippen LogP contribution is -1.97. The normalized spacial score (nSPS) is 10.3. The summed E-state index contributed by atoms with van der Waals surface area (Å²) in [5.74, 6) is 1.33. The molecule has 0 saturated heterocycles. The molecule has 3 aromatic rings. The first-order valence-corrected chi connectivity index (χ1v) is 7.33. The Balaban J connectivity index is 1.74. The lowest BCUT2D eigenvalue weighted by Gasteiger charge is -2.10. The van der Waals surface area contributed by atoms with Crippen LogP contribution in [0.1, 0.15) is 5.56 Å². The van der Waals surface area contributed by atoms with Gasteiger partial charge in [0, 0.05) is 35.1 Å². The van der Waals surface area contributed by atoms with Crippen molar-refractivity contribution in [2.24, 2.45) is 0 Å². The predicted molar refractivity (Wildman–Crippen MR) is 91.4 cm³/mol. The lowest BCUT2D eigenvalue weighted by molar-refractivity contribution is 0.306. The van der Waals surface area contributed by atoms with E-state index in [0.717, 1.165) is 22.4 Å². The molecule has 0 saturated carbocycles.